The van der Waals surface area contributed by atoms with Gasteiger partial charge in [0.1, 0.15) is 0 Å². The van der Waals surface area contributed by atoms with Crippen molar-refractivity contribution in [3.8, 4) is 0 Å². The van der Waals surface area contributed by atoms with Crippen LogP contribution in [0.4, 0.5) is 5.69 Å². The van der Waals surface area contributed by atoms with Crippen LogP contribution in [0.1, 0.15) is 17.3 Å². The fraction of sp³-hybridized carbons (Fsp3) is 0.417. The highest BCUT2D eigenvalue weighted by atomic mass is 35.5. The minimum Gasteiger partial charge on any atom is -0.384 e. The Bertz CT molecular complexity index is 377. The van der Waals surface area contributed by atoms with Crippen LogP contribution >= 0.6 is 11.6 Å². The number of likely N-dealkylation sites (N-methyl/N-ethyl adjacent to an activating group) is 1. The summed E-state index contributed by atoms with van der Waals surface area (Å²) in [5.74, 6) is 0.0261. The lowest BCUT2D eigenvalue weighted by Gasteiger charge is -2.12. The molecule has 0 aliphatic rings. The molecule has 16 heavy (non-hydrogen) atoms. The molecule has 1 N–H and O–H groups in total. The molecule has 3 nitrogen and oxygen atoms in total. The predicted molar refractivity (Wildman–Crippen MR) is 68.5 cm³/mol. The molecule has 1 aromatic rings. The minimum absolute atomic E-state index is 0.0261. The van der Waals surface area contributed by atoms with Gasteiger partial charge in [-0.1, -0.05) is 11.6 Å². The lowest BCUT2D eigenvalue weighted by atomic mass is 10.1. The number of benzene rings is 1. The van der Waals surface area contributed by atoms with Gasteiger partial charge in [0.05, 0.1) is 0 Å². The van der Waals surface area contributed by atoms with Gasteiger partial charge >= 0.3 is 0 Å². The van der Waals surface area contributed by atoms with Gasteiger partial charge < -0.3 is 10.2 Å². The first-order valence-electron chi connectivity index (χ1n) is 5.19. The van der Waals surface area contributed by atoms with Crippen molar-refractivity contribution < 1.29 is 4.79 Å². The molecule has 1 rings (SSSR count). The third kappa shape index (κ3) is 4.21. The number of nitrogens with zero attached hydrogens (tertiary/aromatic N) is 1. The number of carbonyl (C=O) groups excluding carboxylic acids is 1. The van der Waals surface area contributed by atoms with Crippen molar-refractivity contribution in [2.45, 2.75) is 6.92 Å². The Balaban J connectivity index is 2.69. The van der Waals surface area contributed by atoms with E-state index in [1.807, 2.05) is 26.2 Å². The summed E-state index contributed by atoms with van der Waals surface area (Å²) in [4.78, 5) is 13.3. The van der Waals surface area contributed by atoms with Crippen molar-refractivity contribution in [3.63, 3.8) is 0 Å². The third-order valence-electron chi connectivity index (χ3n) is 2.19. The number of hydrogen-bond acceptors (Lipinski definition) is 3. The molecule has 0 radical (unpaired) electrons. The van der Waals surface area contributed by atoms with E-state index >= 15 is 0 Å². The zero-order valence-corrected chi connectivity index (χ0v) is 10.6. The number of anilines is 1. The summed E-state index contributed by atoms with van der Waals surface area (Å²) in [7, 11) is 4.03. The summed E-state index contributed by atoms with van der Waals surface area (Å²) in [6.07, 6.45) is 0. The molecule has 4 heteroatoms. The lowest BCUT2D eigenvalue weighted by Crippen LogP contribution is -2.20. The number of halogens is 1. The number of hydrogen-bond donors (Lipinski definition) is 1. The highest BCUT2D eigenvalue weighted by Gasteiger charge is 2.03. The number of rotatable bonds is 5. The normalized spacial score (nSPS) is 10.6. The Labute approximate surface area is 101 Å². The van der Waals surface area contributed by atoms with E-state index in [0.29, 0.717) is 10.6 Å². The maximum Gasteiger partial charge on any atom is 0.159 e. The molecule has 0 fully saturated rings. The molecule has 88 valence electrons. The first-order chi connectivity index (χ1) is 7.49. The van der Waals surface area contributed by atoms with E-state index < -0.39 is 0 Å². The Hall–Kier alpha value is -1.06. The van der Waals surface area contributed by atoms with E-state index in [9.17, 15) is 4.79 Å². The van der Waals surface area contributed by atoms with Crippen LogP contribution in [0.5, 0.6) is 0 Å². The Morgan fingerprint density at radius 1 is 1.38 bits per heavy atom. The van der Waals surface area contributed by atoms with Crippen molar-refractivity contribution in [2.24, 2.45) is 0 Å². The van der Waals surface area contributed by atoms with Crippen LogP contribution < -0.4 is 5.32 Å². The van der Waals surface area contributed by atoms with Crippen molar-refractivity contribution in [1.29, 1.82) is 0 Å². The molecule has 0 saturated carbocycles. The summed E-state index contributed by atoms with van der Waals surface area (Å²) < 4.78 is 0. The summed E-state index contributed by atoms with van der Waals surface area (Å²) in [5, 5.41) is 3.82. The molecule has 0 unspecified atom stereocenters. The largest absolute Gasteiger partial charge is 0.384 e. The Morgan fingerprint density at radius 3 is 2.62 bits per heavy atom. The van der Waals surface area contributed by atoms with Gasteiger partial charge in [0, 0.05) is 29.4 Å². The second-order valence-electron chi connectivity index (χ2n) is 4.01. The standard InChI is InChI=1S/C12H17ClN2O/c1-9(16)10-6-11(13)8-12(7-10)14-4-5-15(2)3/h6-8,14H,4-5H2,1-3H3. The molecular weight excluding hydrogens is 224 g/mol. The average molecular weight is 241 g/mol. The molecule has 0 aliphatic heterocycles. The van der Waals surface area contributed by atoms with E-state index in [4.69, 9.17) is 11.6 Å². The highest BCUT2D eigenvalue weighted by Crippen LogP contribution is 2.19. The number of ketones is 1. The van der Waals surface area contributed by atoms with Gasteiger partial charge in [0.15, 0.2) is 5.78 Å². The van der Waals surface area contributed by atoms with Crippen LogP contribution in [0.25, 0.3) is 0 Å². The maximum atomic E-state index is 11.2. The van der Waals surface area contributed by atoms with E-state index in [0.717, 1.165) is 18.8 Å². The molecule has 1 aromatic carbocycles. The van der Waals surface area contributed by atoms with Crippen LogP contribution in [-0.4, -0.2) is 37.9 Å². The van der Waals surface area contributed by atoms with Gasteiger partial charge in [0.2, 0.25) is 0 Å². The zero-order chi connectivity index (χ0) is 12.1. The first kappa shape index (κ1) is 13.0. The van der Waals surface area contributed by atoms with Crippen LogP contribution in [0.2, 0.25) is 5.02 Å². The molecule has 0 aliphatic carbocycles. The van der Waals surface area contributed by atoms with Crippen molar-refractivity contribution in [1.82, 2.24) is 4.90 Å². The van der Waals surface area contributed by atoms with Crippen LogP contribution in [0.15, 0.2) is 18.2 Å². The fourth-order valence-corrected chi connectivity index (χ4v) is 1.55. The van der Waals surface area contributed by atoms with Crippen molar-refractivity contribution >= 4 is 23.1 Å². The first-order valence-corrected chi connectivity index (χ1v) is 5.57. The third-order valence-corrected chi connectivity index (χ3v) is 2.41. The SMILES string of the molecule is CC(=O)c1cc(Cl)cc(NCCN(C)C)c1. The second-order valence-corrected chi connectivity index (χ2v) is 4.45. The highest BCUT2D eigenvalue weighted by molar-refractivity contribution is 6.31. The predicted octanol–water partition coefficient (Wildman–Crippen LogP) is 2.52. The van der Waals surface area contributed by atoms with Crippen LogP contribution in [0, 0.1) is 0 Å². The quantitative estimate of drug-likeness (QED) is 0.803. The monoisotopic (exact) mass is 240 g/mol. The zero-order valence-electron chi connectivity index (χ0n) is 9.88. The molecular formula is C12H17ClN2O. The van der Waals surface area contributed by atoms with Crippen molar-refractivity contribution in [3.05, 3.63) is 28.8 Å². The summed E-state index contributed by atoms with van der Waals surface area (Å²) in [6, 6.07) is 5.33. The molecule has 0 spiro atoms. The van der Waals surface area contributed by atoms with Gasteiger partial charge in [-0.3, -0.25) is 4.79 Å². The summed E-state index contributed by atoms with van der Waals surface area (Å²) >= 11 is 5.93. The number of nitrogens with one attached hydrogen (secondary N) is 1. The van der Waals surface area contributed by atoms with Gasteiger partial charge in [0.25, 0.3) is 0 Å². The minimum atomic E-state index is 0.0261. The van der Waals surface area contributed by atoms with Crippen molar-refractivity contribution in [2.75, 3.05) is 32.5 Å². The molecule has 0 atom stereocenters. The summed E-state index contributed by atoms with van der Waals surface area (Å²) in [5.41, 5.74) is 1.53. The number of Topliss-reactive ketones (excluding diaryl/α,β-unsaturated/α-hetero) is 1. The van der Waals surface area contributed by atoms with Crippen LogP contribution in [-0.2, 0) is 0 Å². The molecule has 0 amide bonds. The smallest absolute Gasteiger partial charge is 0.159 e. The molecule has 0 heterocycles. The van der Waals surface area contributed by atoms with E-state index in [-0.39, 0.29) is 5.78 Å². The van der Waals surface area contributed by atoms with Crippen LogP contribution in [0.3, 0.4) is 0 Å². The topological polar surface area (TPSA) is 32.3 Å². The molecule has 0 aromatic heterocycles. The van der Waals surface area contributed by atoms with E-state index in [1.54, 1.807) is 6.07 Å². The van der Waals surface area contributed by atoms with E-state index in [1.165, 1.54) is 6.92 Å². The maximum absolute atomic E-state index is 11.2. The Morgan fingerprint density at radius 2 is 2.06 bits per heavy atom. The van der Waals surface area contributed by atoms with Gasteiger partial charge in [-0.25, -0.2) is 0 Å². The average Bonchev–Trinajstić information content (AvgIpc) is 2.16. The van der Waals surface area contributed by atoms with Gasteiger partial charge in [-0.15, -0.1) is 0 Å². The van der Waals surface area contributed by atoms with Gasteiger partial charge in [-0.2, -0.15) is 0 Å². The fourth-order valence-electron chi connectivity index (χ4n) is 1.32. The van der Waals surface area contributed by atoms with Gasteiger partial charge in [-0.05, 0) is 39.2 Å². The van der Waals surface area contributed by atoms with E-state index in [2.05, 4.69) is 10.2 Å². The second kappa shape index (κ2) is 5.87. The number of carbonyl (C=O) groups is 1. The Kier molecular flexibility index (Phi) is 4.77. The molecule has 0 saturated heterocycles. The lowest BCUT2D eigenvalue weighted by molar-refractivity contribution is 0.101. The molecule has 0 bridgehead atoms. The summed E-state index contributed by atoms with van der Waals surface area (Å²) in [6.45, 7) is 3.29.